The van der Waals surface area contributed by atoms with Gasteiger partial charge in [0.15, 0.2) is 5.84 Å². The van der Waals surface area contributed by atoms with Crippen LogP contribution in [0.15, 0.2) is 62.6 Å². The quantitative estimate of drug-likeness (QED) is 0.484. The number of rotatable bonds is 5. The van der Waals surface area contributed by atoms with Gasteiger partial charge in [-0.3, -0.25) is 4.90 Å². The molecule has 5 rings (SSSR count). The summed E-state index contributed by atoms with van der Waals surface area (Å²) >= 11 is 3.63. The molecule has 2 aromatic carbocycles. The zero-order chi connectivity index (χ0) is 22.8. The Balaban J connectivity index is 1.39. The number of ether oxygens (including phenoxy) is 1. The molecular weight excluding hydrogens is 448 g/mol. The molecular formula is C26H30N4OS2. The van der Waals surface area contributed by atoms with E-state index in [4.69, 9.17) is 14.7 Å². The Morgan fingerprint density at radius 1 is 1.09 bits per heavy atom. The zero-order valence-electron chi connectivity index (χ0n) is 19.5. The number of fused-ring (bicyclic) bond motifs is 2. The van der Waals surface area contributed by atoms with Gasteiger partial charge in [-0.15, -0.1) is 11.3 Å². The first-order valence-corrected chi connectivity index (χ1v) is 13.2. The molecule has 1 unspecified atom stereocenters. The second-order valence-electron chi connectivity index (χ2n) is 8.57. The maximum atomic E-state index is 5.30. The van der Waals surface area contributed by atoms with E-state index in [2.05, 4.69) is 72.3 Å². The molecule has 0 N–H and O–H groups in total. The Labute approximate surface area is 204 Å². The average molecular weight is 479 g/mol. The van der Waals surface area contributed by atoms with Crippen molar-refractivity contribution < 1.29 is 4.74 Å². The van der Waals surface area contributed by atoms with Crippen LogP contribution in [-0.4, -0.2) is 60.5 Å². The lowest BCUT2D eigenvalue weighted by Gasteiger charge is -2.40. The summed E-state index contributed by atoms with van der Waals surface area (Å²) in [6.45, 7) is 5.15. The van der Waals surface area contributed by atoms with Crippen LogP contribution < -0.4 is 4.74 Å². The standard InChI is InChI=1S/C26H30N4OS2/c1-4-23-28-24-25(27-21-7-5-6-8-22(21)32-26(24)33-23)30-16-15-29(2)19(17-30)12-9-18-10-13-20(31-3)14-11-18/h5-8,10-11,13-14,19H,4,9,12,15-17H2,1-3H3. The van der Waals surface area contributed by atoms with Gasteiger partial charge in [-0.25, -0.2) is 9.98 Å². The number of aryl methyl sites for hydroxylation is 2. The molecule has 1 atom stereocenters. The first-order valence-electron chi connectivity index (χ1n) is 11.6. The maximum Gasteiger partial charge on any atom is 0.157 e. The number of hydrogen-bond acceptors (Lipinski definition) is 7. The Kier molecular flexibility index (Phi) is 6.71. The van der Waals surface area contributed by atoms with E-state index in [1.165, 1.54) is 19.7 Å². The van der Waals surface area contributed by atoms with Crippen molar-refractivity contribution in [3.05, 3.63) is 64.8 Å². The molecule has 0 amide bonds. The van der Waals surface area contributed by atoms with E-state index in [-0.39, 0.29) is 0 Å². The van der Waals surface area contributed by atoms with Gasteiger partial charge in [-0.05, 0) is 56.1 Å². The molecule has 3 aromatic rings. The predicted molar refractivity (Wildman–Crippen MR) is 138 cm³/mol. The fourth-order valence-electron chi connectivity index (χ4n) is 4.41. The normalized spacial score (nSPS) is 18.3. The highest BCUT2D eigenvalue weighted by atomic mass is 32.2. The van der Waals surface area contributed by atoms with Gasteiger partial charge in [0, 0.05) is 30.6 Å². The molecule has 2 aliphatic rings. The van der Waals surface area contributed by atoms with E-state index in [9.17, 15) is 0 Å². The van der Waals surface area contributed by atoms with Crippen LogP contribution >= 0.6 is 23.1 Å². The minimum absolute atomic E-state index is 0.474. The molecule has 7 heteroatoms. The Bertz CT molecular complexity index is 1140. The van der Waals surface area contributed by atoms with E-state index < -0.39 is 0 Å². The second kappa shape index (κ2) is 9.87. The number of nitrogens with zero attached hydrogens (tertiary/aromatic N) is 4. The molecule has 33 heavy (non-hydrogen) atoms. The minimum atomic E-state index is 0.474. The first kappa shape index (κ1) is 22.4. The molecule has 0 radical (unpaired) electrons. The number of likely N-dealkylation sites (N-methyl/N-ethyl adjacent to an activating group) is 1. The van der Waals surface area contributed by atoms with E-state index >= 15 is 0 Å². The van der Waals surface area contributed by atoms with Gasteiger partial charge >= 0.3 is 0 Å². The van der Waals surface area contributed by atoms with Gasteiger partial charge in [-0.2, -0.15) is 0 Å². The molecule has 2 aliphatic heterocycles. The van der Waals surface area contributed by atoms with Crippen LogP contribution in [0.25, 0.3) is 0 Å². The molecule has 1 fully saturated rings. The highest BCUT2D eigenvalue weighted by Gasteiger charge is 2.31. The van der Waals surface area contributed by atoms with Crippen molar-refractivity contribution in [1.29, 1.82) is 0 Å². The largest absolute Gasteiger partial charge is 0.497 e. The Morgan fingerprint density at radius 3 is 2.70 bits per heavy atom. The number of para-hydroxylation sites is 1. The summed E-state index contributed by atoms with van der Waals surface area (Å²) < 4.78 is 6.57. The highest BCUT2D eigenvalue weighted by molar-refractivity contribution is 8.01. The molecule has 0 aliphatic carbocycles. The van der Waals surface area contributed by atoms with Crippen molar-refractivity contribution in [2.75, 3.05) is 33.8 Å². The van der Waals surface area contributed by atoms with Crippen molar-refractivity contribution in [3.63, 3.8) is 0 Å². The molecule has 0 bridgehead atoms. The van der Waals surface area contributed by atoms with Crippen LogP contribution in [0.1, 0.15) is 29.6 Å². The smallest absolute Gasteiger partial charge is 0.157 e. The fourth-order valence-corrected chi connectivity index (χ4v) is 6.66. The van der Waals surface area contributed by atoms with E-state index in [0.717, 1.165) is 61.9 Å². The summed E-state index contributed by atoms with van der Waals surface area (Å²) in [5.41, 5.74) is 3.47. The second-order valence-corrected chi connectivity index (χ2v) is 11.0. The minimum Gasteiger partial charge on any atom is -0.497 e. The van der Waals surface area contributed by atoms with Gasteiger partial charge in [-0.1, -0.05) is 43.0 Å². The van der Waals surface area contributed by atoms with Crippen LogP contribution in [0.2, 0.25) is 0 Å². The van der Waals surface area contributed by atoms with Crippen molar-refractivity contribution >= 4 is 34.6 Å². The third kappa shape index (κ3) is 4.81. The number of piperazine rings is 1. The maximum absolute atomic E-state index is 5.30. The van der Waals surface area contributed by atoms with Crippen molar-refractivity contribution in [2.24, 2.45) is 4.99 Å². The molecule has 1 aromatic heterocycles. The summed E-state index contributed by atoms with van der Waals surface area (Å²) in [5, 5.41) is 1.18. The number of aliphatic imine (C=N–C) groups is 1. The number of benzene rings is 2. The molecule has 0 spiro atoms. The van der Waals surface area contributed by atoms with Crippen molar-refractivity contribution in [2.45, 2.75) is 41.3 Å². The van der Waals surface area contributed by atoms with Crippen LogP contribution in [0, 0.1) is 0 Å². The van der Waals surface area contributed by atoms with Gasteiger partial charge < -0.3 is 9.64 Å². The lowest BCUT2D eigenvalue weighted by atomic mass is 10.0. The van der Waals surface area contributed by atoms with Crippen LogP contribution in [0.5, 0.6) is 5.75 Å². The zero-order valence-corrected chi connectivity index (χ0v) is 21.1. The lowest BCUT2D eigenvalue weighted by Crippen LogP contribution is -2.53. The van der Waals surface area contributed by atoms with E-state index in [0.29, 0.717) is 6.04 Å². The Morgan fingerprint density at radius 2 is 1.91 bits per heavy atom. The molecule has 3 heterocycles. The third-order valence-corrected chi connectivity index (χ3v) is 8.89. The summed E-state index contributed by atoms with van der Waals surface area (Å²) in [7, 11) is 3.96. The van der Waals surface area contributed by atoms with E-state index in [1.807, 2.05) is 23.1 Å². The SMILES string of the molecule is CCc1nc2c(s1)Sc1ccccc1N=C2N1CCN(C)C(CCc2ccc(OC)cc2)C1. The summed E-state index contributed by atoms with van der Waals surface area (Å²) in [6, 6.07) is 17.4. The number of methoxy groups -OCH3 is 1. The number of thiazole rings is 1. The summed E-state index contributed by atoms with van der Waals surface area (Å²) in [5.74, 6) is 1.95. The van der Waals surface area contributed by atoms with Crippen LogP contribution in [0.4, 0.5) is 5.69 Å². The lowest BCUT2D eigenvalue weighted by molar-refractivity contribution is 0.134. The molecule has 5 nitrogen and oxygen atoms in total. The fraction of sp³-hybridized carbons (Fsp3) is 0.385. The van der Waals surface area contributed by atoms with Gasteiger partial charge in [0.1, 0.15) is 11.4 Å². The first-order chi connectivity index (χ1) is 16.1. The van der Waals surface area contributed by atoms with Gasteiger partial charge in [0.05, 0.1) is 22.0 Å². The Hall–Kier alpha value is -2.35. The van der Waals surface area contributed by atoms with Crippen molar-refractivity contribution in [1.82, 2.24) is 14.8 Å². The van der Waals surface area contributed by atoms with Crippen LogP contribution in [0.3, 0.4) is 0 Å². The summed E-state index contributed by atoms with van der Waals surface area (Å²) in [6.07, 6.45) is 3.13. The molecule has 0 saturated carbocycles. The summed E-state index contributed by atoms with van der Waals surface area (Å²) in [4.78, 5) is 16.4. The third-order valence-electron chi connectivity index (χ3n) is 6.45. The number of aromatic nitrogens is 1. The van der Waals surface area contributed by atoms with Crippen LogP contribution in [-0.2, 0) is 12.8 Å². The van der Waals surface area contributed by atoms with Gasteiger partial charge in [0.2, 0.25) is 0 Å². The number of amidine groups is 1. The topological polar surface area (TPSA) is 41.0 Å². The van der Waals surface area contributed by atoms with E-state index in [1.54, 1.807) is 7.11 Å². The highest BCUT2D eigenvalue weighted by Crippen LogP contribution is 2.43. The van der Waals surface area contributed by atoms with Crippen molar-refractivity contribution in [3.8, 4) is 5.75 Å². The predicted octanol–water partition coefficient (Wildman–Crippen LogP) is 5.51. The average Bonchev–Trinajstić information content (AvgIpc) is 3.19. The molecule has 1 saturated heterocycles. The monoisotopic (exact) mass is 478 g/mol. The molecule has 172 valence electrons. The number of hydrogen-bond donors (Lipinski definition) is 0. The van der Waals surface area contributed by atoms with Gasteiger partial charge in [0.25, 0.3) is 0 Å².